The van der Waals surface area contributed by atoms with Gasteiger partial charge < -0.3 is 10.1 Å². The summed E-state index contributed by atoms with van der Waals surface area (Å²) in [7, 11) is 1.69. The summed E-state index contributed by atoms with van der Waals surface area (Å²) in [6.45, 7) is 3.05. The van der Waals surface area contributed by atoms with Gasteiger partial charge in [0.15, 0.2) is 0 Å². The lowest BCUT2D eigenvalue weighted by Gasteiger charge is -2.18. The van der Waals surface area contributed by atoms with Crippen LogP contribution < -0.4 is 10.1 Å². The van der Waals surface area contributed by atoms with E-state index in [1.54, 1.807) is 18.4 Å². The fourth-order valence-corrected chi connectivity index (χ4v) is 4.36. The molecule has 6 heteroatoms. The summed E-state index contributed by atoms with van der Waals surface area (Å²) in [5.74, 6) is 0.886. The van der Waals surface area contributed by atoms with Crippen LogP contribution in [0.5, 0.6) is 5.75 Å². The van der Waals surface area contributed by atoms with Gasteiger partial charge in [-0.2, -0.15) is 0 Å². The normalized spacial score (nSPS) is 12.6. The van der Waals surface area contributed by atoms with E-state index in [0.29, 0.717) is 4.34 Å². The largest absolute Gasteiger partial charge is 0.496 e. The highest BCUT2D eigenvalue weighted by molar-refractivity contribution is 7.20. The van der Waals surface area contributed by atoms with Crippen LogP contribution in [0.3, 0.4) is 0 Å². The fraction of sp³-hybridized carbons (Fsp3) is 0.385. The van der Waals surface area contributed by atoms with Crippen LogP contribution in [0.2, 0.25) is 8.67 Å². The van der Waals surface area contributed by atoms with E-state index in [1.165, 1.54) is 11.3 Å². The lowest BCUT2D eigenvalue weighted by atomic mass is 10.1. The lowest BCUT2D eigenvalue weighted by molar-refractivity contribution is 0.407. The maximum absolute atomic E-state index is 6.29. The second-order valence-electron chi connectivity index (χ2n) is 4.02. The number of hydrogen-bond acceptors (Lipinski definition) is 4. The van der Waals surface area contributed by atoms with Gasteiger partial charge in [-0.3, -0.25) is 0 Å². The number of halogens is 2. The molecule has 2 rings (SSSR count). The van der Waals surface area contributed by atoms with Gasteiger partial charge in [-0.1, -0.05) is 30.1 Å². The van der Waals surface area contributed by atoms with Crippen molar-refractivity contribution >= 4 is 45.9 Å². The van der Waals surface area contributed by atoms with Gasteiger partial charge in [0.1, 0.15) is 5.75 Å². The molecule has 0 amide bonds. The SMILES string of the molecule is CCCNC(c1cc(Cl)sc1Cl)c1sccc1OC. The molecule has 0 aromatic carbocycles. The third-order valence-corrected chi connectivity index (χ3v) is 5.21. The van der Waals surface area contributed by atoms with Gasteiger partial charge in [0.05, 0.1) is 26.7 Å². The third-order valence-electron chi connectivity index (χ3n) is 2.73. The quantitative estimate of drug-likeness (QED) is 0.781. The number of ether oxygens (including phenoxy) is 1. The first-order valence-corrected chi connectivity index (χ1v) is 8.42. The molecule has 0 saturated carbocycles. The van der Waals surface area contributed by atoms with E-state index < -0.39 is 0 Å². The number of hydrogen-bond donors (Lipinski definition) is 1. The van der Waals surface area contributed by atoms with Gasteiger partial charge in [-0.25, -0.2) is 0 Å². The molecule has 0 spiro atoms. The van der Waals surface area contributed by atoms with E-state index in [2.05, 4.69) is 12.2 Å². The second kappa shape index (κ2) is 6.95. The topological polar surface area (TPSA) is 21.3 Å². The summed E-state index contributed by atoms with van der Waals surface area (Å²) >= 11 is 15.4. The fourth-order valence-electron chi connectivity index (χ4n) is 1.87. The standard InChI is InChI=1S/C13H15Cl2NOS2/c1-3-5-16-11(8-7-10(14)19-13(8)15)12-9(17-2)4-6-18-12/h4,6-7,11,16H,3,5H2,1-2H3. The van der Waals surface area contributed by atoms with Crippen molar-refractivity contribution in [2.75, 3.05) is 13.7 Å². The van der Waals surface area contributed by atoms with Crippen molar-refractivity contribution in [3.8, 4) is 5.75 Å². The van der Waals surface area contributed by atoms with Crippen molar-refractivity contribution in [1.82, 2.24) is 5.32 Å². The predicted molar refractivity (Wildman–Crippen MR) is 85.3 cm³/mol. The molecule has 0 bridgehead atoms. The Balaban J connectivity index is 2.38. The average Bonchev–Trinajstić information content (AvgIpc) is 2.97. The van der Waals surface area contributed by atoms with Crippen molar-refractivity contribution < 1.29 is 4.74 Å². The van der Waals surface area contributed by atoms with E-state index in [9.17, 15) is 0 Å². The van der Waals surface area contributed by atoms with Gasteiger partial charge in [-0.05, 0) is 30.5 Å². The highest BCUT2D eigenvalue weighted by Crippen LogP contribution is 2.41. The minimum Gasteiger partial charge on any atom is -0.496 e. The average molecular weight is 336 g/mol. The molecule has 0 aliphatic carbocycles. The molecule has 2 nitrogen and oxygen atoms in total. The van der Waals surface area contributed by atoms with E-state index in [4.69, 9.17) is 27.9 Å². The van der Waals surface area contributed by atoms with Gasteiger partial charge >= 0.3 is 0 Å². The van der Waals surface area contributed by atoms with Gasteiger partial charge in [-0.15, -0.1) is 22.7 Å². The van der Waals surface area contributed by atoms with Crippen molar-refractivity contribution in [2.24, 2.45) is 0 Å². The van der Waals surface area contributed by atoms with Gasteiger partial charge in [0.2, 0.25) is 0 Å². The van der Waals surface area contributed by atoms with Gasteiger partial charge in [0, 0.05) is 5.56 Å². The Morgan fingerprint density at radius 1 is 1.42 bits per heavy atom. The smallest absolute Gasteiger partial charge is 0.134 e. The maximum atomic E-state index is 6.29. The number of thiophene rings is 2. The molecule has 1 atom stereocenters. The maximum Gasteiger partial charge on any atom is 0.134 e. The molecular weight excluding hydrogens is 321 g/mol. The minimum atomic E-state index is 0.0335. The highest BCUT2D eigenvalue weighted by atomic mass is 35.5. The molecule has 19 heavy (non-hydrogen) atoms. The van der Waals surface area contributed by atoms with Gasteiger partial charge in [0.25, 0.3) is 0 Å². The first-order chi connectivity index (χ1) is 9.17. The summed E-state index contributed by atoms with van der Waals surface area (Å²) in [6, 6.07) is 3.94. The Hall–Kier alpha value is -0.260. The molecule has 1 N–H and O–H groups in total. The van der Waals surface area contributed by atoms with Crippen molar-refractivity contribution in [2.45, 2.75) is 19.4 Å². The predicted octanol–water partition coefficient (Wildman–Crippen LogP) is 5.21. The molecule has 104 valence electrons. The molecule has 0 aliphatic heterocycles. The summed E-state index contributed by atoms with van der Waals surface area (Å²) in [6.07, 6.45) is 1.06. The first kappa shape index (κ1) is 15.1. The minimum absolute atomic E-state index is 0.0335. The van der Waals surface area contributed by atoms with Crippen LogP contribution in [-0.2, 0) is 0 Å². The van der Waals surface area contributed by atoms with Crippen LogP contribution in [0.4, 0.5) is 0 Å². The Bertz CT molecular complexity index is 538. The van der Waals surface area contributed by atoms with E-state index in [1.807, 2.05) is 17.5 Å². The Kier molecular flexibility index (Phi) is 5.54. The number of nitrogens with one attached hydrogen (secondary N) is 1. The Labute approximate surface area is 131 Å². The number of rotatable bonds is 6. The highest BCUT2D eigenvalue weighted by Gasteiger charge is 2.23. The molecule has 2 aromatic rings. The molecular formula is C13H15Cl2NOS2. The van der Waals surface area contributed by atoms with Crippen LogP contribution in [0.1, 0.15) is 29.8 Å². The zero-order valence-corrected chi connectivity index (χ0v) is 13.8. The van der Waals surface area contributed by atoms with Crippen LogP contribution in [0.15, 0.2) is 17.5 Å². The Morgan fingerprint density at radius 3 is 2.79 bits per heavy atom. The van der Waals surface area contributed by atoms with E-state index in [0.717, 1.165) is 33.5 Å². The van der Waals surface area contributed by atoms with Crippen molar-refractivity contribution in [3.05, 3.63) is 36.6 Å². The Morgan fingerprint density at radius 2 is 2.21 bits per heavy atom. The van der Waals surface area contributed by atoms with Crippen LogP contribution in [0, 0.1) is 0 Å². The lowest BCUT2D eigenvalue weighted by Crippen LogP contribution is -2.22. The molecule has 2 heterocycles. The molecule has 0 aliphatic rings. The molecule has 1 unspecified atom stereocenters. The first-order valence-electron chi connectivity index (χ1n) is 5.96. The van der Waals surface area contributed by atoms with Crippen LogP contribution >= 0.6 is 45.9 Å². The van der Waals surface area contributed by atoms with Crippen molar-refractivity contribution in [1.29, 1.82) is 0 Å². The van der Waals surface area contributed by atoms with Crippen LogP contribution in [-0.4, -0.2) is 13.7 Å². The zero-order valence-electron chi connectivity index (χ0n) is 10.7. The zero-order chi connectivity index (χ0) is 13.8. The van der Waals surface area contributed by atoms with E-state index >= 15 is 0 Å². The second-order valence-corrected chi connectivity index (χ2v) is 7.25. The van der Waals surface area contributed by atoms with E-state index in [-0.39, 0.29) is 6.04 Å². The summed E-state index contributed by atoms with van der Waals surface area (Å²) in [5, 5.41) is 5.54. The molecule has 2 aromatic heterocycles. The summed E-state index contributed by atoms with van der Waals surface area (Å²) < 4.78 is 6.85. The van der Waals surface area contributed by atoms with Crippen molar-refractivity contribution in [3.63, 3.8) is 0 Å². The summed E-state index contributed by atoms with van der Waals surface area (Å²) in [4.78, 5) is 1.13. The molecule has 0 radical (unpaired) electrons. The molecule has 0 fully saturated rings. The summed E-state index contributed by atoms with van der Waals surface area (Å²) in [5.41, 5.74) is 1.02. The molecule has 0 saturated heterocycles. The third kappa shape index (κ3) is 3.44. The monoisotopic (exact) mass is 335 g/mol. The number of methoxy groups -OCH3 is 1. The van der Waals surface area contributed by atoms with Crippen LogP contribution in [0.25, 0.3) is 0 Å².